The lowest BCUT2D eigenvalue weighted by Gasteiger charge is -2.36. The zero-order valence-corrected chi connectivity index (χ0v) is 16.8. The van der Waals surface area contributed by atoms with E-state index in [0.29, 0.717) is 5.82 Å². The molecule has 2 aromatic rings. The molecular formula is C19H28N4O2S. The Bertz CT molecular complexity index is 874. The fourth-order valence-corrected chi connectivity index (χ4v) is 4.64. The van der Waals surface area contributed by atoms with Crippen LogP contribution in [0.5, 0.6) is 0 Å². The Kier molecular flexibility index (Phi) is 5.48. The third-order valence-electron chi connectivity index (χ3n) is 4.89. The largest absolute Gasteiger partial charge is 0.366 e. The van der Waals surface area contributed by atoms with Crippen LogP contribution in [-0.4, -0.2) is 55.2 Å². The molecule has 0 aliphatic carbocycles. The second-order valence-electron chi connectivity index (χ2n) is 7.88. The van der Waals surface area contributed by atoms with E-state index in [1.807, 2.05) is 0 Å². The number of benzene rings is 1. The Morgan fingerprint density at radius 3 is 2.58 bits per heavy atom. The van der Waals surface area contributed by atoms with E-state index in [0.717, 1.165) is 42.4 Å². The van der Waals surface area contributed by atoms with Gasteiger partial charge in [0.1, 0.15) is 12.1 Å². The molecule has 142 valence electrons. The van der Waals surface area contributed by atoms with Gasteiger partial charge in [-0.2, -0.15) is 0 Å². The van der Waals surface area contributed by atoms with Gasteiger partial charge in [-0.3, -0.25) is 0 Å². The van der Waals surface area contributed by atoms with Crippen molar-refractivity contribution in [3.8, 4) is 0 Å². The fourth-order valence-electron chi connectivity index (χ4n) is 3.99. The van der Waals surface area contributed by atoms with Gasteiger partial charge in [0.15, 0.2) is 9.84 Å². The molecule has 0 bridgehead atoms. The van der Waals surface area contributed by atoms with E-state index < -0.39 is 9.84 Å². The maximum Gasteiger partial charge on any atom is 0.175 e. The molecule has 0 saturated carbocycles. The molecule has 0 spiro atoms. The van der Waals surface area contributed by atoms with Crippen molar-refractivity contribution in [2.75, 3.05) is 31.2 Å². The van der Waals surface area contributed by atoms with Gasteiger partial charge < -0.3 is 10.2 Å². The van der Waals surface area contributed by atoms with E-state index in [4.69, 9.17) is 0 Å². The second kappa shape index (κ2) is 7.48. The number of hydrogen-bond donors (Lipinski definition) is 1. The van der Waals surface area contributed by atoms with Crippen molar-refractivity contribution in [2.45, 2.75) is 38.1 Å². The Labute approximate surface area is 155 Å². The first-order chi connectivity index (χ1) is 12.2. The van der Waals surface area contributed by atoms with Gasteiger partial charge >= 0.3 is 0 Å². The number of anilines is 1. The predicted molar refractivity (Wildman–Crippen MR) is 105 cm³/mol. The average molecular weight is 377 g/mol. The SMILES string of the molecule is CC1CC(C)CN(CC(C)Nc2ncnc3ccc(S(C)(=O)=O)cc23)C1. The number of rotatable bonds is 5. The second-order valence-corrected chi connectivity index (χ2v) is 9.90. The minimum absolute atomic E-state index is 0.201. The van der Waals surface area contributed by atoms with Crippen molar-refractivity contribution < 1.29 is 8.42 Å². The highest BCUT2D eigenvalue weighted by atomic mass is 32.2. The number of aromatic nitrogens is 2. The topological polar surface area (TPSA) is 75.2 Å². The van der Waals surface area contributed by atoms with E-state index in [2.05, 4.69) is 41.0 Å². The van der Waals surface area contributed by atoms with Crippen LogP contribution in [0.2, 0.25) is 0 Å². The normalized spacial score (nSPS) is 23.1. The summed E-state index contributed by atoms with van der Waals surface area (Å²) < 4.78 is 23.7. The third-order valence-corrected chi connectivity index (χ3v) is 6.00. The van der Waals surface area contributed by atoms with E-state index in [1.165, 1.54) is 19.0 Å². The van der Waals surface area contributed by atoms with Crippen molar-refractivity contribution in [1.82, 2.24) is 14.9 Å². The summed E-state index contributed by atoms with van der Waals surface area (Å²) in [7, 11) is -3.27. The highest BCUT2D eigenvalue weighted by molar-refractivity contribution is 7.90. The molecular weight excluding hydrogens is 348 g/mol. The summed E-state index contributed by atoms with van der Waals surface area (Å²) in [5.74, 6) is 2.14. The molecule has 0 amide bonds. The standard InChI is InChI=1S/C19H28N4O2S/c1-13-7-14(2)10-23(9-13)11-15(3)22-19-17-8-16(26(4,24)25)5-6-18(17)20-12-21-19/h5-6,8,12-15H,7,9-11H2,1-4H3,(H,20,21,22). The van der Waals surface area contributed by atoms with Crippen molar-refractivity contribution in [3.05, 3.63) is 24.5 Å². The summed E-state index contributed by atoms with van der Waals surface area (Å²) in [5, 5.41) is 4.19. The first-order valence-corrected chi connectivity index (χ1v) is 11.0. The number of nitrogens with one attached hydrogen (secondary N) is 1. The van der Waals surface area contributed by atoms with Crippen LogP contribution in [-0.2, 0) is 9.84 Å². The Hall–Kier alpha value is -1.73. The van der Waals surface area contributed by atoms with Crippen LogP contribution in [0.25, 0.3) is 10.9 Å². The van der Waals surface area contributed by atoms with Crippen LogP contribution in [0.3, 0.4) is 0 Å². The monoisotopic (exact) mass is 376 g/mol. The summed E-state index contributed by atoms with van der Waals surface area (Å²) in [6, 6.07) is 5.18. The highest BCUT2D eigenvalue weighted by Crippen LogP contribution is 2.24. The molecule has 6 nitrogen and oxygen atoms in total. The van der Waals surface area contributed by atoms with Crippen LogP contribution in [0.1, 0.15) is 27.2 Å². The lowest BCUT2D eigenvalue weighted by atomic mass is 9.92. The zero-order chi connectivity index (χ0) is 18.9. The quantitative estimate of drug-likeness (QED) is 0.865. The van der Waals surface area contributed by atoms with Gasteiger partial charge in [-0.15, -0.1) is 0 Å². The number of sulfone groups is 1. The van der Waals surface area contributed by atoms with Crippen molar-refractivity contribution in [1.29, 1.82) is 0 Å². The van der Waals surface area contributed by atoms with Crippen LogP contribution < -0.4 is 5.32 Å². The molecule has 1 aromatic carbocycles. The number of fused-ring (bicyclic) bond motifs is 1. The molecule has 7 heteroatoms. The molecule has 1 N–H and O–H groups in total. The minimum atomic E-state index is -3.27. The van der Waals surface area contributed by atoms with Gasteiger partial charge in [-0.1, -0.05) is 13.8 Å². The molecule has 3 unspecified atom stereocenters. The van der Waals surface area contributed by atoms with E-state index >= 15 is 0 Å². The van der Waals surface area contributed by atoms with Crippen molar-refractivity contribution >= 4 is 26.6 Å². The van der Waals surface area contributed by atoms with Crippen LogP contribution in [0, 0.1) is 11.8 Å². The third kappa shape index (κ3) is 4.51. The maximum absolute atomic E-state index is 11.9. The highest BCUT2D eigenvalue weighted by Gasteiger charge is 2.23. The summed E-state index contributed by atoms with van der Waals surface area (Å²) >= 11 is 0. The van der Waals surface area contributed by atoms with Gasteiger partial charge in [0.2, 0.25) is 0 Å². The number of nitrogens with zero attached hydrogens (tertiary/aromatic N) is 3. The van der Waals surface area contributed by atoms with E-state index in [-0.39, 0.29) is 10.9 Å². The summed E-state index contributed by atoms with van der Waals surface area (Å²) in [5.41, 5.74) is 0.738. The lowest BCUT2D eigenvalue weighted by molar-refractivity contribution is 0.138. The molecule has 1 fully saturated rings. The molecule has 1 aliphatic rings. The smallest absolute Gasteiger partial charge is 0.175 e. The minimum Gasteiger partial charge on any atom is -0.366 e. The van der Waals surface area contributed by atoms with Crippen LogP contribution in [0.15, 0.2) is 29.4 Å². The molecule has 3 rings (SSSR count). The Morgan fingerprint density at radius 2 is 1.92 bits per heavy atom. The van der Waals surface area contributed by atoms with Gasteiger partial charge in [0, 0.05) is 37.3 Å². The van der Waals surface area contributed by atoms with Crippen molar-refractivity contribution in [2.24, 2.45) is 11.8 Å². The Morgan fingerprint density at radius 1 is 1.23 bits per heavy atom. The molecule has 1 aromatic heterocycles. The van der Waals surface area contributed by atoms with Gasteiger partial charge in [-0.05, 0) is 43.4 Å². The zero-order valence-electron chi connectivity index (χ0n) is 15.9. The summed E-state index contributed by atoms with van der Waals surface area (Å²) in [6.45, 7) is 9.94. The maximum atomic E-state index is 11.9. The number of piperidine rings is 1. The number of hydrogen-bond acceptors (Lipinski definition) is 6. The first-order valence-electron chi connectivity index (χ1n) is 9.16. The molecule has 2 heterocycles. The van der Waals surface area contributed by atoms with Gasteiger partial charge in [0.05, 0.1) is 10.4 Å². The summed E-state index contributed by atoms with van der Waals surface area (Å²) in [4.78, 5) is 11.4. The van der Waals surface area contributed by atoms with Crippen LogP contribution >= 0.6 is 0 Å². The fraction of sp³-hybridized carbons (Fsp3) is 0.579. The van der Waals surface area contributed by atoms with E-state index in [1.54, 1.807) is 18.2 Å². The molecule has 0 radical (unpaired) electrons. The summed E-state index contributed by atoms with van der Waals surface area (Å²) in [6.07, 6.45) is 4.03. The van der Waals surface area contributed by atoms with Crippen LogP contribution in [0.4, 0.5) is 5.82 Å². The Balaban J connectivity index is 1.79. The molecule has 1 saturated heterocycles. The predicted octanol–water partition coefficient (Wildman–Crippen LogP) is 2.81. The molecule has 3 atom stereocenters. The first kappa shape index (κ1) is 19.0. The number of likely N-dealkylation sites (tertiary alicyclic amines) is 1. The van der Waals surface area contributed by atoms with Gasteiger partial charge in [0.25, 0.3) is 0 Å². The van der Waals surface area contributed by atoms with E-state index in [9.17, 15) is 8.42 Å². The van der Waals surface area contributed by atoms with Crippen molar-refractivity contribution in [3.63, 3.8) is 0 Å². The average Bonchev–Trinajstić information content (AvgIpc) is 2.52. The lowest BCUT2D eigenvalue weighted by Crippen LogP contribution is -2.43. The molecule has 26 heavy (non-hydrogen) atoms. The van der Waals surface area contributed by atoms with Gasteiger partial charge in [-0.25, -0.2) is 18.4 Å². The molecule has 1 aliphatic heterocycles.